The van der Waals surface area contributed by atoms with E-state index in [-0.39, 0.29) is 0 Å². The standard InChI is InChI=1S/C12H22NO13/c14-1-3-5(16)7(18)9(20)11(23-3)25-13(22)26-12-10(21)8(19)6(17)4(2-15)24-12/h3-12,14-21H,1-2H2/q+1/t3-,4-,5-,6-,7+,8+,9-,10-,11+,12+/m1/s1. The Labute approximate surface area is 145 Å². The fourth-order valence-corrected chi connectivity index (χ4v) is 2.50. The van der Waals surface area contributed by atoms with E-state index in [9.17, 15) is 35.5 Å². The van der Waals surface area contributed by atoms with Gasteiger partial charge in [0.1, 0.15) is 41.5 Å². The van der Waals surface area contributed by atoms with Crippen molar-refractivity contribution < 1.29 is 65.1 Å². The summed E-state index contributed by atoms with van der Waals surface area (Å²) in [7, 11) is 0. The third kappa shape index (κ3) is 4.20. The molecule has 2 fully saturated rings. The molecule has 2 saturated heterocycles. The maximum absolute atomic E-state index is 11.7. The Morgan fingerprint density at radius 3 is 1.31 bits per heavy atom. The third-order valence-corrected chi connectivity index (χ3v) is 4.08. The smallest absolute Gasteiger partial charge is 0.394 e. The van der Waals surface area contributed by atoms with Gasteiger partial charge in [-0.1, -0.05) is 0 Å². The molecule has 0 bridgehead atoms. The van der Waals surface area contributed by atoms with E-state index in [0.29, 0.717) is 0 Å². The maximum Gasteiger partial charge on any atom is 0.483 e. The summed E-state index contributed by atoms with van der Waals surface area (Å²) in [6, 6.07) is 0. The highest BCUT2D eigenvalue weighted by Gasteiger charge is 2.51. The number of nitrogens with zero attached hydrogens (tertiary/aromatic N) is 1. The summed E-state index contributed by atoms with van der Waals surface area (Å²) < 4.78 is 9.82. The van der Waals surface area contributed by atoms with Crippen LogP contribution in [0, 0.1) is 4.91 Å². The number of hydrogen-bond acceptors (Lipinski definition) is 13. The van der Waals surface area contributed by atoms with E-state index >= 15 is 0 Å². The minimum Gasteiger partial charge on any atom is -0.394 e. The summed E-state index contributed by atoms with van der Waals surface area (Å²) in [5.74, 6) is 0. The van der Waals surface area contributed by atoms with Gasteiger partial charge in [0.05, 0.1) is 13.2 Å². The van der Waals surface area contributed by atoms with E-state index in [2.05, 4.69) is 9.68 Å². The molecular weight excluding hydrogens is 366 g/mol. The molecular formula is C12H22NO13+. The van der Waals surface area contributed by atoms with Gasteiger partial charge in [-0.25, -0.2) is 0 Å². The first-order chi connectivity index (χ1) is 12.2. The lowest BCUT2D eigenvalue weighted by Gasteiger charge is -2.37. The minimum absolute atomic E-state index is 0.653. The summed E-state index contributed by atoms with van der Waals surface area (Å²) in [4.78, 5) is 20.8. The predicted molar refractivity (Wildman–Crippen MR) is 73.3 cm³/mol. The first-order valence-corrected chi connectivity index (χ1v) is 7.63. The highest BCUT2D eigenvalue weighted by molar-refractivity contribution is 4.89. The van der Waals surface area contributed by atoms with Crippen LogP contribution in [0.3, 0.4) is 0 Å². The zero-order valence-corrected chi connectivity index (χ0v) is 13.3. The molecule has 10 atom stereocenters. The number of ether oxygens (including phenoxy) is 2. The van der Waals surface area contributed by atoms with Crippen molar-refractivity contribution in [2.75, 3.05) is 13.2 Å². The zero-order valence-electron chi connectivity index (χ0n) is 13.3. The van der Waals surface area contributed by atoms with Crippen molar-refractivity contribution >= 4 is 0 Å². The fourth-order valence-electron chi connectivity index (χ4n) is 2.50. The SMILES string of the molecule is O=[N+](O[C@@H]1O[C@H](CO)[C@@H](O)[C@H](O)[C@H]1O)O[C@@H]1O[C@H](CO)[C@@H](O)[C@H](O)[C@H]1O. The van der Waals surface area contributed by atoms with Gasteiger partial charge in [0.2, 0.25) is 0 Å². The fraction of sp³-hybridized carbons (Fsp3) is 1.00. The van der Waals surface area contributed by atoms with E-state index in [4.69, 9.17) is 19.7 Å². The van der Waals surface area contributed by atoms with Crippen LogP contribution in [-0.4, -0.2) is 121 Å². The van der Waals surface area contributed by atoms with Crippen molar-refractivity contribution in [1.29, 1.82) is 0 Å². The number of aliphatic hydroxyl groups is 8. The molecule has 0 aromatic heterocycles. The molecule has 2 rings (SSSR count). The van der Waals surface area contributed by atoms with E-state index in [1.807, 2.05) is 0 Å². The van der Waals surface area contributed by atoms with Crippen LogP contribution in [0.2, 0.25) is 0 Å². The van der Waals surface area contributed by atoms with Crippen molar-refractivity contribution in [2.24, 2.45) is 0 Å². The summed E-state index contributed by atoms with van der Waals surface area (Å²) in [6.45, 7) is -1.51. The van der Waals surface area contributed by atoms with Gasteiger partial charge in [0, 0.05) is 0 Å². The van der Waals surface area contributed by atoms with Gasteiger partial charge in [-0.2, -0.15) is 9.68 Å². The molecule has 0 saturated carbocycles. The van der Waals surface area contributed by atoms with E-state index < -0.39 is 79.7 Å². The molecule has 0 aromatic rings. The molecule has 0 radical (unpaired) electrons. The van der Waals surface area contributed by atoms with Crippen molar-refractivity contribution in [2.45, 2.75) is 61.4 Å². The van der Waals surface area contributed by atoms with Crippen molar-refractivity contribution in [3.8, 4) is 0 Å². The Kier molecular flexibility index (Phi) is 7.03. The topological polar surface area (TPSA) is 219 Å². The lowest BCUT2D eigenvalue weighted by atomic mass is 9.99. The molecule has 14 heteroatoms. The first kappa shape index (κ1) is 21.1. The Morgan fingerprint density at radius 1 is 0.654 bits per heavy atom. The van der Waals surface area contributed by atoms with Crippen LogP contribution in [0.25, 0.3) is 0 Å². The van der Waals surface area contributed by atoms with Gasteiger partial charge >= 0.3 is 17.7 Å². The highest BCUT2D eigenvalue weighted by atomic mass is 17.1. The Morgan fingerprint density at radius 2 is 1.00 bits per heavy atom. The Hall–Kier alpha value is -1.20. The first-order valence-electron chi connectivity index (χ1n) is 7.63. The van der Waals surface area contributed by atoms with Gasteiger partial charge in [0.15, 0.2) is 12.2 Å². The molecule has 0 unspecified atom stereocenters. The predicted octanol–water partition coefficient (Wildman–Crippen LogP) is -5.77. The number of aliphatic hydroxyl groups excluding tert-OH is 8. The molecule has 14 nitrogen and oxygen atoms in total. The van der Waals surface area contributed by atoms with Crippen LogP contribution in [0.15, 0.2) is 0 Å². The molecule has 0 spiro atoms. The van der Waals surface area contributed by atoms with Gasteiger partial charge in [0.25, 0.3) is 0 Å². The van der Waals surface area contributed by atoms with E-state index in [1.54, 1.807) is 0 Å². The van der Waals surface area contributed by atoms with E-state index in [0.717, 1.165) is 0 Å². The molecule has 0 aromatic carbocycles. The lowest BCUT2D eigenvalue weighted by molar-refractivity contribution is -1.01. The van der Waals surface area contributed by atoms with Crippen LogP contribution in [-0.2, 0) is 19.1 Å². The van der Waals surface area contributed by atoms with Crippen molar-refractivity contribution in [3.63, 3.8) is 0 Å². The van der Waals surface area contributed by atoms with Gasteiger partial charge < -0.3 is 50.3 Å². The molecule has 8 N–H and O–H groups in total. The van der Waals surface area contributed by atoms with Crippen molar-refractivity contribution in [1.82, 2.24) is 0 Å². The van der Waals surface area contributed by atoms with Gasteiger partial charge in [-0.15, -0.1) is 0 Å². The Bertz CT molecular complexity index is 436. The second-order valence-electron chi connectivity index (χ2n) is 5.83. The zero-order chi connectivity index (χ0) is 19.6. The molecule has 2 aliphatic heterocycles. The van der Waals surface area contributed by atoms with Crippen LogP contribution >= 0.6 is 0 Å². The minimum atomic E-state index is -1.89. The molecule has 0 aliphatic carbocycles. The van der Waals surface area contributed by atoms with Crippen LogP contribution in [0.5, 0.6) is 0 Å². The van der Waals surface area contributed by atoms with Gasteiger partial charge in [-0.05, 0) is 0 Å². The van der Waals surface area contributed by atoms with Crippen LogP contribution in [0.1, 0.15) is 0 Å². The Balaban J connectivity index is 1.97. The summed E-state index contributed by atoms with van der Waals surface area (Å²) in [6.07, 6.45) is -17.1. The van der Waals surface area contributed by atoms with Gasteiger partial charge in [-0.3, -0.25) is 0 Å². The molecule has 26 heavy (non-hydrogen) atoms. The van der Waals surface area contributed by atoms with E-state index in [1.165, 1.54) is 0 Å². The van der Waals surface area contributed by atoms with Crippen LogP contribution in [0.4, 0.5) is 0 Å². The summed E-state index contributed by atoms with van der Waals surface area (Å²) in [5, 5.41) is 75.3. The lowest BCUT2D eigenvalue weighted by Crippen LogP contribution is -2.61. The quantitative estimate of drug-likeness (QED) is 0.199. The van der Waals surface area contributed by atoms with Crippen LogP contribution < -0.4 is 0 Å². The monoisotopic (exact) mass is 388 g/mol. The molecule has 2 heterocycles. The normalized spacial score (nSPS) is 46.6. The number of hydrogen-bond donors (Lipinski definition) is 8. The second-order valence-corrected chi connectivity index (χ2v) is 5.83. The highest BCUT2D eigenvalue weighted by Crippen LogP contribution is 2.24. The van der Waals surface area contributed by atoms with Crippen molar-refractivity contribution in [3.05, 3.63) is 4.91 Å². The molecule has 0 amide bonds. The summed E-state index contributed by atoms with van der Waals surface area (Å²) >= 11 is 0. The summed E-state index contributed by atoms with van der Waals surface area (Å²) in [5.41, 5.74) is 0. The number of rotatable bonds is 6. The average molecular weight is 388 g/mol. The largest absolute Gasteiger partial charge is 0.483 e. The molecule has 2 aliphatic rings. The average Bonchev–Trinajstić information content (AvgIpc) is 2.62. The molecule has 152 valence electrons. The maximum atomic E-state index is 11.7. The third-order valence-electron chi connectivity index (χ3n) is 4.08. The second kappa shape index (κ2) is 8.66.